The van der Waals surface area contributed by atoms with Gasteiger partial charge in [-0.1, -0.05) is 23.2 Å². The van der Waals surface area contributed by atoms with Crippen molar-refractivity contribution in [3.8, 4) is 0 Å². The summed E-state index contributed by atoms with van der Waals surface area (Å²) in [7, 11) is -3.26. The fourth-order valence-corrected chi connectivity index (χ4v) is 4.05. The summed E-state index contributed by atoms with van der Waals surface area (Å²) in [5.74, 6) is -0.549. The number of carbonyl (C=O) groups is 1. The molecule has 22 heavy (non-hydrogen) atoms. The molecule has 1 N–H and O–H groups in total. The summed E-state index contributed by atoms with van der Waals surface area (Å²) in [5, 5.41) is 3.59. The van der Waals surface area contributed by atoms with Crippen molar-refractivity contribution in [3.63, 3.8) is 0 Å². The summed E-state index contributed by atoms with van der Waals surface area (Å²) in [4.78, 5) is 12.3. The molecule has 1 aliphatic rings. The van der Waals surface area contributed by atoms with Gasteiger partial charge in [0.1, 0.15) is 0 Å². The first-order chi connectivity index (χ1) is 10.3. The zero-order valence-electron chi connectivity index (χ0n) is 12.2. The van der Waals surface area contributed by atoms with E-state index in [1.54, 1.807) is 25.1 Å². The number of hydrogen-bond acceptors (Lipinski definition) is 3. The molecule has 0 spiro atoms. The van der Waals surface area contributed by atoms with Crippen LogP contribution in [0.1, 0.15) is 19.8 Å². The molecule has 5 nitrogen and oxygen atoms in total. The Morgan fingerprint density at radius 3 is 2.77 bits per heavy atom. The van der Waals surface area contributed by atoms with E-state index in [0.29, 0.717) is 35.1 Å². The molecule has 1 saturated heterocycles. The third kappa shape index (κ3) is 4.13. The van der Waals surface area contributed by atoms with E-state index in [-0.39, 0.29) is 24.1 Å². The van der Waals surface area contributed by atoms with Gasteiger partial charge in [0.2, 0.25) is 15.9 Å². The van der Waals surface area contributed by atoms with Crippen LogP contribution in [-0.2, 0) is 14.8 Å². The number of sulfonamides is 1. The Morgan fingerprint density at radius 2 is 2.14 bits per heavy atom. The Bertz CT molecular complexity index is 664. The Labute approximate surface area is 140 Å². The van der Waals surface area contributed by atoms with E-state index in [2.05, 4.69) is 5.32 Å². The quantitative estimate of drug-likeness (QED) is 0.892. The van der Waals surface area contributed by atoms with Crippen LogP contribution in [-0.4, -0.2) is 37.5 Å². The number of carbonyl (C=O) groups excluding carboxylic acids is 1. The number of anilines is 1. The van der Waals surface area contributed by atoms with Gasteiger partial charge in [-0.2, -0.15) is 0 Å². The predicted molar refractivity (Wildman–Crippen MR) is 88.8 cm³/mol. The van der Waals surface area contributed by atoms with Crippen LogP contribution in [0.25, 0.3) is 0 Å². The lowest BCUT2D eigenvalue weighted by Gasteiger charge is -2.31. The Hall–Kier alpha value is -0.820. The van der Waals surface area contributed by atoms with Gasteiger partial charge in [0.25, 0.3) is 0 Å². The smallest absolute Gasteiger partial charge is 0.228 e. The normalized spacial score (nSPS) is 19.9. The van der Waals surface area contributed by atoms with Crippen molar-refractivity contribution in [3.05, 3.63) is 28.2 Å². The highest BCUT2D eigenvalue weighted by Gasteiger charge is 2.31. The van der Waals surface area contributed by atoms with Crippen LogP contribution in [0, 0.1) is 5.92 Å². The molecule has 1 aromatic carbocycles. The second kappa shape index (κ2) is 7.17. The average molecular weight is 365 g/mol. The zero-order valence-corrected chi connectivity index (χ0v) is 14.5. The molecule has 0 bridgehead atoms. The van der Waals surface area contributed by atoms with E-state index >= 15 is 0 Å². The molecule has 1 amide bonds. The molecular weight excluding hydrogens is 347 g/mol. The minimum atomic E-state index is -3.26. The number of piperidine rings is 1. The summed E-state index contributed by atoms with van der Waals surface area (Å²) in [6.07, 6.45) is 1.33. The number of hydrogen-bond donors (Lipinski definition) is 1. The van der Waals surface area contributed by atoms with E-state index in [4.69, 9.17) is 23.2 Å². The van der Waals surface area contributed by atoms with Crippen molar-refractivity contribution in [2.75, 3.05) is 24.2 Å². The molecule has 0 radical (unpaired) electrons. The standard InChI is InChI=1S/C14H18Cl2N2O3S/c1-2-22(20,21)18-7-3-4-10(9-18)14(19)17-13-6-5-11(15)8-12(13)16/h5-6,8,10H,2-4,7,9H2,1H3,(H,17,19)/t10-/m0/s1. The highest BCUT2D eigenvalue weighted by Crippen LogP contribution is 2.27. The van der Waals surface area contributed by atoms with Crippen LogP contribution >= 0.6 is 23.2 Å². The Kier molecular flexibility index (Phi) is 5.71. The van der Waals surface area contributed by atoms with Crippen molar-refractivity contribution >= 4 is 44.8 Å². The molecule has 1 heterocycles. The highest BCUT2D eigenvalue weighted by atomic mass is 35.5. The zero-order chi connectivity index (χ0) is 16.3. The largest absolute Gasteiger partial charge is 0.324 e. The van der Waals surface area contributed by atoms with Gasteiger partial charge in [0.05, 0.1) is 22.4 Å². The van der Waals surface area contributed by atoms with Crippen molar-refractivity contribution in [2.24, 2.45) is 5.92 Å². The van der Waals surface area contributed by atoms with Crippen LogP contribution in [0.5, 0.6) is 0 Å². The minimum absolute atomic E-state index is 0.0460. The summed E-state index contributed by atoms with van der Waals surface area (Å²) in [6.45, 7) is 2.29. The second-order valence-corrected chi connectivity index (χ2v) is 8.31. The van der Waals surface area contributed by atoms with Crippen LogP contribution in [0.15, 0.2) is 18.2 Å². The molecule has 1 fully saturated rings. The van der Waals surface area contributed by atoms with Crippen LogP contribution in [0.2, 0.25) is 10.0 Å². The molecule has 0 aliphatic carbocycles. The molecule has 0 unspecified atom stereocenters. The summed E-state index contributed by atoms with van der Waals surface area (Å²) >= 11 is 11.8. The van der Waals surface area contributed by atoms with Gasteiger partial charge in [-0.15, -0.1) is 0 Å². The van der Waals surface area contributed by atoms with Gasteiger partial charge >= 0.3 is 0 Å². The number of halogens is 2. The highest BCUT2D eigenvalue weighted by molar-refractivity contribution is 7.89. The fourth-order valence-electron chi connectivity index (χ4n) is 2.42. The maximum Gasteiger partial charge on any atom is 0.228 e. The molecule has 1 aromatic rings. The van der Waals surface area contributed by atoms with Crippen LogP contribution in [0.4, 0.5) is 5.69 Å². The first-order valence-corrected chi connectivity index (χ1v) is 9.43. The molecule has 1 atom stereocenters. The minimum Gasteiger partial charge on any atom is -0.324 e. The summed E-state index contributed by atoms with van der Waals surface area (Å²) in [6, 6.07) is 4.82. The number of rotatable bonds is 4. The number of nitrogens with one attached hydrogen (secondary N) is 1. The molecule has 0 aromatic heterocycles. The van der Waals surface area contributed by atoms with E-state index in [1.807, 2.05) is 0 Å². The molecule has 0 saturated carbocycles. The van der Waals surface area contributed by atoms with Crippen LogP contribution < -0.4 is 5.32 Å². The first-order valence-electron chi connectivity index (χ1n) is 7.07. The van der Waals surface area contributed by atoms with Crippen LogP contribution in [0.3, 0.4) is 0 Å². The van der Waals surface area contributed by atoms with E-state index < -0.39 is 10.0 Å². The van der Waals surface area contributed by atoms with Gasteiger partial charge in [-0.25, -0.2) is 12.7 Å². The number of nitrogens with zero attached hydrogens (tertiary/aromatic N) is 1. The topological polar surface area (TPSA) is 66.5 Å². The Morgan fingerprint density at radius 1 is 1.41 bits per heavy atom. The lowest BCUT2D eigenvalue weighted by atomic mass is 9.99. The average Bonchev–Trinajstić information content (AvgIpc) is 2.50. The molecule has 1 aliphatic heterocycles. The molecular formula is C14H18Cl2N2O3S. The van der Waals surface area contributed by atoms with E-state index in [9.17, 15) is 13.2 Å². The van der Waals surface area contributed by atoms with Gasteiger partial charge in [-0.3, -0.25) is 4.79 Å². The van der Waals surface area contributed by atoms with Gasteiger partial charge in [0, 0.05) is 18.1 Å². The lowest BCUT2D eigenvalue weighted by Crippen LogP contribution is -2.44. The predicted octanol–water partition coefficient (Wildman–Crippen LogP) is 2.99. The first kappa shape index (κ1) is 17.5. The van der Waals surface area contributed by atoms with Gasteiger partial charge in [-0.05, 0) is 38.0 Å². The van der Waals surface area contributed by atoms with E-state index in [1.165, 1.54) is 4.31 Å². The van der Waals surface area contributed by atoms with Crippen molar-refractivity contribution < 1.29 is 13.2 Å². The summed E-state index contributed by atoms with van der Waals surface area (Å²) < 4.78 is 25.3. The maximum absolute atomic E-state index is 12.3. The summed E-state index contributed by atoms with van der Waals surface area (Å²) in [5.41, 5.74) is 0.478. The second-order valence-electron chi connectivity index (χ2n) is 5.21. The SMILES string of the molecule is CCS(=O)(=O)N1CCC[C@H](C(=O)Nc2ccc(Cl)cc2Cl)C1. The van der Waals surface area contributed by atoms with Crippen molar-refractivity contribution in [2.45, 2.75) is 19.8 Å². The Balaban J connectivity index is 2.06. The fraction of sp³-hybridized carbons (Fsp3) is 0.500. The lowest BCUT2D eigenvalue weighted by molar-refractivity contribution is -0.120. The third-order valence-electron chi connectivity index (χ3n) is 3.70. The number of benzene rings is 1. The van der Waals surface area contributed by atoms with Crippen molar-refractivity contribution in [1.82, 2.24) is 4.31 Å². The van der Waals surface area contributed by atoms with E-state index in [0.717, 1.165) is 0 Å². The van der Waals surface area contributed by atoms with Gasteiger partial charge in [0.15, 0.2) is 0 Å². The molecule has 122 valence electrons. The van der Waals surface area contributed by atoms with Gasteiger partial charge < -0.3 is 5.32 Å². The monoisotopic (exact) mass is 364 g/mol. The molecule has 2 rings (SSSR count). The number of amides is 1. The molecule has 8 heteroatoms. The third-order valence-corrected chi connectivity index (χ3v) is 6.10. The maximum atomic E-state index is 12.3. The van der Waals surface area contributed by atoms with Crippen molar-refractivity contribution in [1.29, 1.82) is 0 Å².